The lowest BCUT2D eigenvalue weighted by molar-refractivity contribution is 0.947. The molecule has 0 bridgehead atoms. The minimum Gasteiger partial charge on any atom is -0.213 e. The summed E-state index contributed by atoms with van der Waals surface area (Å²) >= 11 is 0. The van der Waals surface area contributed by atoms with E-state index in [0.29, 0.717) is 18.1 Å². The molecular weight excluding hydrogens is 318 g/mol. The molecule has 0 fully saturated rings. The Bertz CT molecular complexity index is 868. The summed E-state index contributed by atoms with van der Waals surface area (Å²) in [6.07, 6.45) is 8.54. The number of hydrogen-bond donors (Lipinski definition) is 0. The predicted octanol–water partition coefficient (Wildman–Crippen LogP) is 5.44. The molecule has 0 spiro atoms. The topological polar surface area (TPSA) is 38.7 Å². The van der Waals surface area contributed by atoms with E-state index in [1.165, 1.54) is 0 Å². The maximum Gasteiger partial charge on any atom is 0.163 e. The quantitative estimate of drug-likeness (QED) is 0.562. The Morgan fingerprint density at radius 2 is 1.38 bits per heavy atom. The molecule has 0 saturated carbocycles. The van der Waals surface area contributed by atoms with Gasteiger partial charge in [-0.25, -0.2) is 15.0 Å². The number of rotatable bonds is 6. The van der Waals surface area contributed by atoms with Gasteiger partial charge in [0, 0.05) is 17.5 Å². The van der Waals surface area contributed by atoms with Gasteiger partial charge in [0.25, 0.3) is 0 Å². The Hall–Kier alpha value is -3.33. The van der Waals surface area contributed by atoms with Gasteiger partial charge in [0.15, 0.2) is 11.6 Å². The van der Waals surface area contributed by atoms with E-state index in [9.17, 15) is 0 Å². The van der Waals surface area contributed by atoms with Crippen LogP contribution >= 0.6 is 0 Å². The standard InChI is InChI=1S/C23H21N3/c1-3-18(2)12-10-11-17-21-24-22(19-13-6-4-7-14-19)26-23(25-21)20-15-8-5-9-16-20/h3-16H,1,17H2,2H3/b11-10-,18-12-. The molecule has 3 aromatic rings. The highest BCUT2D eigenvalue weighted by Crippen LogP contribution is 2.20. The van der Waals surface area contributed by atoms with Gasteiger partial charge < -0.3 is 0 Å². The SMILES string of the molecule is C=C/C(C)=C\C=C/Cc1nc(-c2ccccc2)nc(-c2ccccc2)n1. The molecule has 3 rings (SSSR count). The summed E-state index contributed by atoms with van der Waals surface area (Å²) in [7, 11) is 0. The molecule has 0 aliphatic rings. The van der Waals surface area contributed by atoms with E-state index in [2.05, 4.69) is 21.5 Å². The molecule has 0 saturated heterocycles. The van der Waals surface area contributed by atoms with Crippen molar-refractivity contribution in [2.75, 3.05) is 0 Å². The Kier molecular flexibility index (Phi) is 5.84. The van der Waals surface area contributed by atoms with Gasteiger partial charge in [-0.2, -0.15) is 0 Å². The summed E-state index contributed by atoms with van der Waals surface area (Å²) in [6, 6.07) is 20.0. The molecule has 0 aliphatic heterocycles. The van der Waals surface area contributed by atoms with Crippen LogP contribution in [0.15, 0.2) is 97.1 Å². The fourth-order valence-electron chi connectivity index (χ4n) is 2.41. The molecule has 0 atom stereocenters. The van der Waals surface area contributed by atoms with Crippen LogP contribution in [0.1, 0.15) is 12.7 Å². The second-order valence-corrected chi connectivity index (χ2v) is 5.88. The third kappa shape index (κ3) is 4.61. The summed E-state index contributed by atoms with van der Waals surface area (Å²) in [4.78, 5) is 14.0. The molecule has 0 N–H and O–H groups in total. The van der Waals surface area contributed by atoms with Crippen molar-refractivity contribution in [1.82, 2.24) is 15.0 Å². The van der Waals surface area contributed by atoms with Crippen LogP contribution in [0.4, 0.5) is 0 Å². The Morgan fingerprint density at radius 3 is 1.88 bits per heavy atom. The van der Waals surface area contributed by atoms with E-state index in [1.807, 2.05) is 91.9 Å². The van der Waals surface area contributed by atoms with Crippen LogP contribution in [0.5, 0.6) is 0 Å². The Balaban J connectivity index is 1.97. The van der Waals surface area contributed by atoms with Crippen LogP contribution in [0.25, 0.3) is 22.8 Å². The highest BCUT2D eigenvalue weighted by atomic mass is 15.0. The largest absolute Gasteiger partial charge is 0.213 e. The fraction of sp³-hybridized carbons (Fsp3) is 0.0870. The van der Waals surface area contributed by atoms with Gasteiger partial charge in [-0.3, -0.25) is 0 Å². The monoisotopic (exact) mass is 339 g/mol. The maximum absolute atomic E-state index is 4.67. The van der Waals surface area contributed by atoms with E-state index < -0.39 is 0 Å². The zero-order valence-electron chi connectivity index (χ0n) is 14.8. The number of nitrogens with zero attached hydrogens (tertiary/aromatic N) is 3. The zero-order chi connectivity index (χ0) is 18.2. The zero-order valence-corrected chi connectivity index (χ0v) is 14.8. The first-order valence-electron chi connectivity index (χ1n) is 8.58. The van der Waals surface area contributed by atoms with Crippen molar-refractivity contribution in [2.24, 2.45) is 0 Å². The molecule has 0 unspecified atom stereocenters. The minimum absolute atomic E-state index is 0.642. The van der Waals surface area contributed by atoms with E-state index in [0.717, 1.165) is 22.5 Å². The van der Waals surface area contributed by atoms with Crippen LogP contribution < -0.4 is 0 Å². The third-order valence-corrected chi connectivity index (χ3v) is 3.86. The molecular formula is C23H21N3. The van der Waals surface area contributed by atoms with Crippen LogP contribution in [0.2, 0.25) is 0 Å². The molecule has 26 heavy (non-hydrogen) atoms. The lowest BCUT2D eigenvalue weighted by Crippen LogP contribution is -2.02. The van der Waals surface area contributed by atoms with Crippen LogP contribution in [-0.4, -0.2) is 15.0 Å². The van der Waals surface area contributed by atoms with Crippen molar-refractivity contribution in [3.63, 3.8) is 0 Å². The lowest BCUT2D eigenvalue weighted by Gasteiger charge is -2.06. The van der Waals surface area contributed by atoms with Crippen molar-refractivity contribution >= 4 is 0 Å². The highest BCUT2D eigenvalue weighted by molar-refractivity contribution is 5.60. The summed E-state index contributed by atoms with van der Waals surface area (Å²) in [6.45, 7) is 5.77. The predicted molar refractivity (Wildman–Crippen MR) is 107 cm³/mol. The van der Waals surface area contributed by atoms with Crippen molar-refractivity contribution in [2.45, 2.75) is 13.3 Å². The molecule has 1 heterocycles. The first kappa shape index (κ1) is 17.5. The number of aromatic nitrogens is 3. The van der Waals surface area contributed by atoms with E-state index >= 15 is 0 Å². The second-order valence-electron chi connectivity index (χ2n) is 5.88. The van der Waals surface area contributed by atoms with E-state index in [1.54, 1.807) is 0 Å². The fourth-order valence-corrected chi connectivity index (χ4v) is 2.41. The van der Waals surface area contributed by atoms with Crippen molar-refractivity contribution < 1.29 is 0 Å². The van der Waals surface area contributed by atoms with Gasteiger partial charge in [-0.15, -0.1) is 0 Å². The van der Waals surface area contributed by atoms with Gasteiger partial charge in [0.2, 0.25) is 0 Å². The van der Waals surface area contributed by atoms with Gasteiger partial charge in [-0.05, 0) is 6.92 Å². The number of benzene rings is 2. The van der Waals surface area contributed by atoms with Crippen molar-refractivity contribution in [1.29, 1.82) is 0 Å². The normalized spacial score (nSPS) is 11.7. The Labute approximate surface area is 154 Å². The van der Waals surface area contributed by atoms with Gasteiger partial charge in [0.05, 0.1) is 0 Å². The molecule has 3 nitrogen and oxygen atoms in total. The first-order valence-corrected chi connectivity index (χ1v) is 8.58. The minimum atomic E-state index is 0.642. The number of allylic oxidation sites excluding steroid dienone is 5. The first-order chi connectivity index (χ1) is 12.8. The number of hydrogen-bond acceptors (Lipinski definition) is 3. The summed E-state index contributed by atoms with van der Waals surface area (Å²) < 4.78 is 0. The molecule has 3 heteroatoms. The Morgan fingerprint density at radius 1 is 0.846 bits per heavy atom. The average Bonchev–Trinajstić information content (AvgIpc) is 2.72. The van der Waals surface area contributed by atoms with Crippen molar-refractivity contribution in [3.05, 3.63) is 103 Å². The van der Waals surface area contributed by atoms with Gasteiger partial charge >= 0.3 is 0 Å². The van der Waals surface area contributed by atoms with Gasteiger partial charge in [0.1, 0.15) is 5.82 Å². The summed E-state index contributed by atoms with van der Waals surface area (Å²) in [5.41, 5.74) is 3.09. The van der Waals surface area contributed by atoms with E-state index in [-0.39, 0.29) is 0 Å². The molecule has 128 valence electrons. The molecule has 2 aromatic carbocycles. The van der Waals surface area contributed by atoms with E-state index in [4.69, 9.17) is 0 Å². The van der Waals surface area contributed by atoms with Gasteiger partial charge in [-0.1, -0.05) is 97.1 Å². The molecule has 0 amide bonds. The maximum atomic E-state index is 4.67. The smallest absolute Gasteiger partial charge is 0.163 e. The van der Waals surface area contributed by atoms with Crippen LogP contribution in [0, 0.1) is 0 Å². The molecule has 1 aromatic heterocycles. The third-order valence-electron chi connectivity index (χ3n) is 3.86. The lowest BCUT2D eigenvalue weighted by atomic mass is 10.2. The van der Waals surface area contributed by atoms with Crippen LogP contribution in [-0.2, 0) is 6.42 Å². The molecule has 0 aliphatic carbocycles. The molecule has 0 radical (unpaired) electrons. The van der Waals surface area contributed by atoms with Crippen molar-refractivity contribution in [3.8, 4) is 22.8 Å². The summed E-state index contributed by atoms with van der Waals surface area (Å²) in [5, 5.41) is 0. The second kappa shape index (κ2) is 8.67. The summed E-state index contributed by atoms with van der Waals surface area (Å²) in [5.74, 6) is 2.14. The highest BCUT2D eigenvalue weighted by Gasteiger charge is 2.09. The average molecular weight is 339 g/mol. The van der Waals surface area contributed by atoms with Crippen LogP contribution in [0.3, 0.4) is 0 Å².